The molecule has 0 radical (unpaired) electrons. The molecule has 5 aromatic rings. The fraction of sp³-hybridized carbons (Fsp3) is 0.324. The molecule has 1 saturated heterocycles. The number of nitrogens with zero attached hydrogens (tertiary/aromatic N) is 8. The highest BCUT2D eigenvalue weighted by Crippen LogP contribution is 2.33. The van der Waals surface area contributed by atoms with Gasteiger partial charge in [-0.05, 0) is 62.1 Å². The molecule has 1 amide bonds. The molecule has 242 valence electrons. The van der Waals surface area contributed by atoms with E-state index in [4.69, 9.17) is 0 Å². The van der Waals surface area contributed by atoms with Gasteiger partial charge >= 0.3 is 5.69 Å². The largest absolute Gasteiger partial charge is 0.349 e. The van der Waals surface area contributed by atoms with E-state index in [-0.39, 0.29) is 52.0 Å². The smallest absolute Gasteiger partial charge is 0.348 e. The Balaban J connectivity index is 1.34. The maximum absolute atomic E-state index is 16.0. The number of carbonyl (C=O) groups is 1. The van der Waals surface area contributed by atoms with Crippen LogP contribution in [0.1, 0.15) is 44.9 Å². The van der Waals surface area contributed by atoms with Crippen molar-refractivity contribution in [3.05, 3.63) is 94.8 Å². The number of nitrogens with one attached hydrogen (secondary N) is 1. The lowest BCUT2D eigenvalue weighted by Gasteiger charge is -2.44. The number of halogens is 2. The highest BCUT2D eigenvalue weighted by Gasteiger charge is 2.33. The molecule has 1 N–H and O–H groups in total. The van der Waals surface area contributed by atoms with E-state index in [2.05, 4.69) is 50.7 Å². The van der Waals surface area contributed by atoms with Crippen LogP contribution in [0.15, 0.2) is 66.2 Å². The number of piperazine rings is 1. The summed E-state index contributed by atoms with van der Waals surface area (Å²) < 4.78 is 33.3. The van der Waals surface area contributed by atoms with Crippen LogP contribution in [-0.4, -0.2) is 70.9 Å². The summed E-state index contributed by atoms with van der Waals surface area (Å²) in [5, 5.41) is 8.61. The molecule has 13 heteroatoms. The maximum atomic E-state index is 16.0. The number of aryl methyl sites for hydroxylation is 2. The van der Waals surface area contributed by atoms with Crippen molar-refractivity contribution in [3.8, 4) is 22.5 Å². The number of hydrogen-bond acceptors (Lipinski definition) is 8. The number of rotatable bonds is 8. The first-order valence-corrected chi connectivity index (χ1v) is 15.5. The van der Waals surface area contributed by atoms with Crippen LogP contribution in [0.25, 0.3) is 33.5 Å². The molecule has 1 aliphatic heterocycles. The number of H-pyrrole nitrogens is 1. The third-order valence-corrected chi connectivity index (χ3v) is 8.58. The molecule has 4 aromatic heterocycles. The molecular weight excluding hydrogens is 604 g/mol. The molecule has 1 aliphatic rings. The zero-order valence-corrected chi connectivity index (χ0v) is 26.6. The average molecular weight is 640 g/mol. The summed E-state index contributed by atoms with van der Waals surface area (Å²) in [4.78, 5) is 44.4. The number of aromatic nitrogens is 7. The van der Waals surface area contributed by atoms with E-state index in [0.29, 0.717) is 31.6 Å². The molecule has 6 rings (SSSR count). The minimum atomic E-state index is -0.764. The van der Waals surface area contributed by atoms with E-state index in [1.807, 2.05) is 30.9 Å². The Bertz CT molecular complexity index is 2040. The minimum Gasteiger partial charge on any atom is -0.349 e. The Morgan fingerprint density at radius 2 is 1.91 bits per heavy atom. The number of pyridine rings is 2. The fourth-order valence-corrected chi connectivity index (χ4v) is 6.12. The van der Waals surface area contributed by atoms with Gasteiger partial charge < -0.3 is 9.80 Å². The van der Waals surface area contributed by atoms with Crippen LogP contribution >= 0.6 is 0 Å². The summed E-state index contributed by atoms with van der Waals surface area (Å²) in [7, 11) is 0. The summed E-state index contributed by atoms with van der Waals surface area (Å²) >= 11 is 0. The standard InChI is InChI=1S/C34H35F2N9O2/c1-6-29(46)43-17-21(5)44(18-20(43)4)33-24-15-26(36)31(39-32(24)40-34(47)41-33)30-22(8-7-9-25(30)35)11-13-45-28(16-38-42-45)23-10-12-37-27(14-23)19(2)3/h6-10,12,14-16,19-21H,1,11,13,17-18H2,2-5H3,(H,39,40,41,47)/t20-,21+/m1/s1. The van der Waals surface area contributed by atoms with Crippen molar-refractivity contribution in [1.29, 1.82) is 0 Å². The van der Waals surface area contributed by atoms with Gasteiger partial charge in [-0.2, -0.15) is 4.98 Å². The van der Waals surface area contributed by atoms with Gasteiger partial charge in [-0.3, -0.25) is 14.8 Å². The molecule has 5 heterocycles. The van der Waals surface area contributed by atoms with Crippen molar-refractivity contribution in [3.63, 3.8) is 0 Å². The Kier molecular flexibility index (Phi) is 8.63. The van der Waals surface area contributed by atoms with Crippen LogP contribution in [0.4, 0.5) is 14.6 Å². The van der Waals surface area contributed by atoms with Crippen molar-refractivity contribution in [2.75, 3.05) is 18.0 Å². The molecule has 1 fully saturated rings. The SMILES string of the molecule is C=CC(=O)N1C[C@H](C)N(c2nc(=O)[nH]c3nc(-c4c(F)cccc4CCn4nncc4-c4ccnc(C(C)C)c4)c(F)cc23)C[C@H]1C. The molecule has 0 saturated carbocycles. The zero-order chi connectivity index (χ0) is 33.4. The molecule has 1 aromatic carbocycles. The number of carbonyl (C=O) groups excluding carboxylic acids is 1. The molecule has 47 heavy (non-hydrogen) atoms. The van der Waals surface area contributed by atoms with Gasteiger partial charge in [0.2, 0.25) is 5.91 Å². The number of amides is 1. The lowest BCUT2D eigenvalue weighted by molar-refractivity contribution is -0.128. The van der Waals surface area contributed by atoms with Gasteiger partial charge in [0, 0.05) is 54.7 Å². The van der Waals surface area contributed by atoms with Crippen molar-refractivity contribution in [2.45, 2.75) is 58.7 Å². The highest BCUT2D eigenvalue weighted by molar-refractivity contribution is 5.90. The first-order valence-electron chi connectivity index (χ1n) is 15.5. The number of hydrogen-bond donors (Lipinski definition) is 1. The zero-order valence-electron chi connectivity index (χ0n) is 26.6. The fourth-order valence-electron chi connectivity index (χ4n) is 6.12. The summed E-state index contributed by atoms with van der Waals surface area (Å²) in [6, 6.07) is 9.20. The Hall–Kier alpha value is -5.33. The van der Waals surface area contributed by atoms with Crippen LogP contribution in [0, 0.1) is 11.6 Å². The monoisotopic (exact) mass is 639 g/mol. The second-order valence-corrected chi connectivity index (χ2v) is 12.1. The number of benzene rings is 1. The van der Waals surface area contributed by atoms with E-state index in [1.165, 1.54) is 18.2 Å². The molecule has 0 bridgehead atoms. The van der Waals surface area contributed by atoms with E-state index >= 15 is 8.78 Å². The topological polar surface area (TPSA) is 126 Å². The van der Waals surface area contributed by atoms with Gasteiger partial charge in [0.1, 0.15) is 28.8 Å². The Labute approximate surface area is 270 Å². The van der Waals surface area contributed by atoms with E-state index < -0.39 is 17.3 Å². The third-order valence-electron chi connectivity index (χ3n) is 8.58. The quantitative estimate of drug-likeness (QED) is 0.238. The molecular formula is C34H35F2N9O2. The number of aromatic amines is 1. The molecule has 0 aliphatic carbocycles. The average Bonchev–Trinajstić information content (AvgIpc) is 3.53. The van der Waals surface area contributed by atoms with Crippen molar-refractivity contribution < 1.29 is 13.6 Å². The van der Waals surface area contributed by atoms with Crippen molar-refractivity contribution in [1.82, 2.24) is 39.8 Å². The van der Waals surface area contributed by atoms with Crippen LogP contribution in [0.2, 0.25) is 0 Å². The number of fused-ring (bicyclic) bond motifs is 1. The summed E-state index contributed by atoms with van der Waals surface area (Å²) in [5.41, 5.74) is 2.30. The lowest BCUT2D eigenvalue weighted by atomic mass is 9.99. The van der Waals surface area contributed by atoms with Gasteiger partial charge in [0.15, 0.2) is 0 Å². The van der Waals surface area contributed by atoms with Gasteiger partial charge in [0.25, 0.3) is 0 Å². The predicted octanol–water partition coefficient (Wildman–Crippen LogP) is 4.89. The maximum Gasteiger partial charge on any atom is 0.348 e. The van der Waals surface area contributed by atoms with Crippen molar-refractivity contribution >= 4 is 22.8 Å². The second kappa shape index (κ2) is 12.8. The van der Waals surface area contributed by atoms with Gasteiger partial charge in [-0.1, -0.05) is 37.8 Å². The Morgan fingerprint density at radius 1 is 1.11 bits per heavy atom. The van der Waals surface area contributed by atoms with Crippen LogP contribution in [-0.2, 0) is 17.8 Å². The summed E-state index contributed by atoms with van der Waals surface area (Å²) in [6.07, 6.45) is 4.98. The van der Waals surface area contributed by atoms with Crippen LogP contribution < -0.4 is 10.6 Å². The lowest BCUT2D eigenvalue weighted by Crippen LogP contribution is -2.58. The van der Waals surface area contributed by atoms with Crippen molar-refractivity contribution in [2.24, 2.45) is 0 Å². The first-order chi connectivity index (χ1) is 22.5. The summed E-state index contributed by atoms with van der Waals surface area (Å²) in [6.45, 7) is 12.5. The first kappa shape index (κ1) is 31.6. The number of anilines is 1. The van der Waals surface area contributed by atoms with E-state index in [9.17, 15) is 9.59 Å². The Morgan fingerprint density at radius 3 is 2.68 bits per heavy atom. The predicted molar refractivity (Wildman–Crippen MR) is 175 cm³/mol. The van der Waals surface area contributed by atoms with Gasteiger partial charge in [-0.15, -0.1) is 5.10 Å². The van der Waals surface area contributed by atoms with Crippen LogP contribution in [0.5, 0.6) is 0 Å². The van der Waals surface area contributed by atoms with E-state index in [1.54, 1.807) is 34.1 Å². The molecule has 11 nitrogen and oxygen atoms in total. The normalized spacial score (nSPS) is 16.7. The second-order valence-electron chi connectivity index (χ2n) is 12.1. The summed E-state index contributed by atoms with van der Waals surface area (Å²) in [5.74, 6) is -1.12. The van der Waals surface area contributed by atoms with Gasteiger partial charge in [-0.25, -0.2) is 23.2 Å². The van der Waals surface area contributed by atoms with E-state index in [0.717, 1.165) is 17.0 Å². The highest BCUT2D eigenvalue weighted by atomic mass is 19.1. The third kappa shape index (κ3) is 6.12. The van der Waals surface area contributed by atoms with Crippen LogP contribution in [0.3, 0.4) is 0 Å². The van der Waals surface area contributed by atoms with Gasteiger partial charge in [0.05, 0.1) is 17.3 Å². The molecule has 0 spiro atoms. The minimum absolute atomic E-state index is 0.00248. The molecule has 0 unspecified atom stereocenters. The molecule has 2 atom stereocenters.